The van der Waals surface area contributed by atoms with Crippen molar-refractivity contribution in [1.82, 2.24) is 15.4 Å². The molecule has 11 nitrogen and oxygen atoms in total. The van der Waals surface area contributed by atoms with Crippen LogP contribution in [0.5, 0.6) is 0 Å². The molecule has 0 saturated carbocycles. The molecule has 2 aliphatic rings. The van der Waals surface area contributed by atoms with E-state index < -0.39 is 41.2 Å². The van der Waals surface area contributed by atoms with Crippen molar-refractivity contribution in [2.45, 2.75) is 82.0 Å². The highest BCUT2D eigenvalue weighted by Gasteiger charge is 2.48. The van der Waals surface area contributed by atoms with Gasteiger partial charge >= 0.3 is 5.97 Å². The van der Waals surface area contributed by atoms with E-state index in [4.69, 9.17) is 9.84 Å². The van der Waals surface area contributed by atoms with Crippen LogP contribution in [0.3, 0.4) is 0 Å². The fourth-order valence-electron chi connectivity index (χ4n) is 5.87. The van der Waals surface area contributed by atoms with Gasteiger partial charge in [-0.1, -0.05) is 88.1 Å². The number of allylic oxidation sites excluding steroid dienone is 2. The summed E-state index contributed by atoms with van der Waals surface area (Å²) in [6, 6.07) is 16.9. The topological polar surface area (TPSA) is 154 Å². The van der Waals surface area contributed by atoms with Crippen LogP contribution in [0.4, 0.5) is 5.69 Å². The maximum atomic E-state index is 14.7. The summed E-state index contributed by atoms with van der Waals surface area (Å²) in [6.45, 7) is 3.85. The van der Waals surface area contributed by atoms with E-state index in [1.807, 2.05) is 30.3 Å². The van der Waals surface area contributed by atoms with Crippen LogP contribution >= 0.6 is 23.7 Å². The van der Waals surface area contributed by atoms with Crippen molar-refractivity contribution in [2.24, 2.45) is 0 Å². The van der Waals surface area contributed by atoms with Gasteiger partial charge in [0.2, 0.25) is 11.7 Å². The quantitative estimate of drug-likeness (QED) is 0.112. The summed E-state index contributed by atoms with van der Waals surface area (Å²) in [5, 5.41) is 13.5. The summed E-state index contributed by atoms with van der Waals surface area (Å²) < 4.78 is 9.52. The number of ether oxygens (including phenoxy) is 1. The number of nitrogens with zero attached hydrogens (tertiary/aromatic N) is 1. The Kier molecular flexibility index (Phi) is 14.6. The molecule has 2 atom stereocenters. The number of benzene rings is 2. The number of thioether (sulfide) groups is 1. The molecule has 4 rings (SSSR count). The first-order chi connectivity index (χ1) is 24.2. The highest BCUT2D eigenvalue weighted by molar-refractivity contribution is 8.01. The molecule has 1 heterocycles. The van der Waals surface area contributed by atoms with E-state index in [0.717, 1.165) is 25.7 Å². The highest BCUT2D eigenvalue weighted by Crippen LogP contribution is 2.43. The predicted octanol–water partition coefficient (Wildman–Crippen LogP) is 5.66. The monoisotopic (exact) mass is 722 g/mol. The van der Waals surface area contributed by atoms with Crippen molar-refractivity contribution in [3.8, 4) is 0 Å². The lowest BCUT2D eigenvalue weighted by Gasteiger charge is -2.36. The third-order valence-electron chi connectivity index (χ3n) is 8.53. The summed E-state index contributed by atoms with van der Waals surface area (Å²) in [5.74, 6) is -2.23. The van der Waals surface area contributed by atoms with Crippen molar-refractivity contribution in [3.63, 3.8) is 0 Å². The molecule has 0 aromatic heterocycles. The second kappa shape index (κ2) is 18.8. The van der Waals surface area contributed by atoms with Crippen LogP contribution in [0.15, 0.2) is 83.1 Å². The van der Waals surface area contributed by atoms with Crippen molar-refractivity contribution < 1.29 is 33.8 Å². The van der Waals surface area contributed by atoms with Crippen LogP contribution in [0.25, 0.3) is 0 Å². The van der Waals surface area contributed by atoms with E-state index in [2.05, 4.69) is 29.2 Å². The second-order valence-electron chi connectivity index (χ2n) is 12.2. The SMILES string of the molecule is CCCCC1(CCCC)NSC2=C(C(=O)[C@@H](SC)C(OCC(=O)N[C@@H](C(=O)NCCCC(=O)O)c3ccccc3)=C2)N(c2ccccc2)C1=O. The Bertz CT molecular complexity index is 1570. The number of carboxylic acid groups (broad SMARTS) is 1. The van der Waals surface area contributed by atoms with Crippen molar-refractivity contribution >= 4 is 58.9 Å². The van der Waals surface area contributed by atoms with Gasteiger partial charge in [0, 0.05) is 18.7 Å². The Labute approximate surface area is 302 Å². The molecule has 0 unspecified atom stereocenters. The second-order valence-corrected chi connectivity index (χ2v) is 14.0. The number of para-hydroxylation sites is 1. The average Bonchev–Trinajstić information content (AvgIpc) is 3.24. The number of carbonyl (C=O) groups is 5. The number of aliphatic carboxylic acids is 1. The fourth-order valence-corrected chi connectivity index (χ4v) is 7.63. The van der Waals surface area contributed by atoms with Crippen LogP contribution in [0, 0.1) is 0 Å². The fraction of sp³-hybridized carbons (Fsp3) is 0.432. The van der Waals surface area contributed by atoms with Gasteiger partial charge in [-0.2, -0.15) is 0 Å². The van der Waals surface area contributed by atoms with Gasteiger partial charge < -0.3 is 20.5 Å². The van der Waals surface area contributed by atoms with Gasteiger partial charge in [0.25, 0.3) is 11.8 Å². The Morgan fingerprint density at radius 3 is 2.24 bits per heavy atom. The molecule has 3 amide bonds. The van der Waals surface area contributed by atoms with Crippen LogP contribution < -0.4 is 20.3 Å². The van der Waals surface area contributed by atoms with Gasteiger partial charge in [0.05, 0.1) is 4.91 Å². The van der Waals surface area contributed by atoms with Crippen LogP contribution in [-0.4, -0.2) is 64.8 Å². The average molecular weight is 723 g/mol. The predicted molar refractivity (Wildman–Crippen MR) is 197 cm³/mol. The number of hydrogen-bond acceptors (Lipinski definition) is 9. The van der Waals surface area contributed by atoms with Crippen molar-refractivity contribution in [1.29, 1.82) is 0 Å². The number of nitrogens with one attached hydrogen (secondary N) is 3. The molecule has 0 spiro atoms. The molecule has 0 bridgehead atoms. The number of ketones is 1. The van der Waals surface area contributed by atoms with Gasteiger partial charge in [-0.3, -0.25) is 28.9 Å². The van der Waals surface area contributed by atoms with Crippen molar-refractivity contribution in [2.75, 3.05) is 24.3 Å². The Balaban J connectivity index is 1.61. The lowest BCUT2D eigenvalue weighted by Crippen LogP contribution is -2.55. The van der Waals surface area contributed by atoms with Gasteiger partial charge in [-0.15, -0.1) is 11.8 Å². The van der Waals surface area contributed by atoms with Crippen LogP contribution in [0.2, 0.25) is 0 Å². The van der Waals surface area contributed by atoms with Gasteiger partial charge in [0.15, 0.2) is 6.61 Å². The van der Waals surface area contributed by atoms with E-state index in [0.29, 0.717) is 29.0 Å². The number of carboxylic acids is 1. The first kappa shape index (κ1) is 38.7. The summed E-state index contributed by atoms with van der Waals surface area (Å²) in [5.41, 5.74) is 0.523. The third kappa shape index (κ3) is 9.58. The molecular formula is C37H46N4O7S2. The zero-order chi connectivity index (χ0) is 36.1. The molecule has 2 aromatic rings. The lowest BCUT2D eigenvalue weighted by atomic mass is 9.86. The van der Waals surface area contributed by atoms with Crippen molar-refractivity contribution in [3.05, 3.63) is 88.7 Å². The normalized spacial score (nSPS) is 17.7. The molecular weight excluding hydrogens is 677 g/mol. The minimum Gasteiger partial charge on any atom is -0.486 e. The Morgan fingerprint density at radius 1 is 1.00 bits per heavy atom. The molecule has 1 aliphatic carbocycles. The Hall–Kier alpha value is -4.07. The molecule has 0 radical (unpaired) electrons. The maximum absolute atomic E-state index is 14.7. The first-order valence-electron chi connectivity index (χ1n) is 17.0. The molecule has 2 aromatic carbocycles. The molecule has 268 valence electrons. The van der Waals surface area contributed by atoms with Gasteiger partial charge in [-0.05, 0) is 61.2 Å². The molecule has 0 fully saturated rings. The molecule has 50 heavy (non-hydrogen) atoms. The molecule has 0 saturated heterocycles. The number of unbranched alkanes of at least 4 members (excludes halogenated alkanes) is 2. The van der Waals surface area contributed by atoms with E-state index in [1.54, 1.807) is 47.6 Å². The highest BCUT2D eigenvalue weighted by atomic mass is 32.2. The molecule has 4 N–H and O–H groups in total. The minimum atomic E-state index is -1.05. The minimum absolute atomic E-state index is 0.0946. The molecule has 13 heteroatoms. The summed E-state index contributed by atoms with van der Waals surface area (Å²) in [4.78, 5) is 68.3. The number of rotatable bonds is 18. The smallest absolute Gasteiger partial charge is 0.303 e. The summed E-state index contributed by atoms with van der Waals surface area (Å²) >= 11 is 2.49. The van der Waals surface area contributed by atoms with Gasteiger partial charge in [0.1, 0.15) is 28.3 Å². The zero-order valence-corrected chi connectivity index (χ0v) is 30.4. The van der Waals surface area contributed by atoms with Crippen LogP contribution in [0.1, 0.15) is 76.8 Å². The number of Topliss-reactive ketones (excluding diaryl/α,β-unsaturated/α-hetero) is 1. The van der Waals surface area contributed by atoms with E-state index >= 15 is 0 Å². The van der Waals surface area contributed by atoms with E-state index in [1.165, 1.54) is 23.7 Å². The standard InChI is InChI=1S/C37H46N4O7S2/c1-4-6-20-37(21-7-5-2)36(47)41(26-17-12-9-13-18-26)32-28(50-40-37)23-27(34(49-3)33(32)45)48-24-29(42)39-31(25-15-10-8-11-16-25)35(46)38-22-14-19-30(43)44/h8-13,15-18,23,31,34,40H,4-7,14,19-22,24H2,1-3H3,(H,38,46)(H,39,42)(H,43,44)/t31-,34+/m1/s1. The summed E-state index contributed by atoms with van der Waals surface area (Å²) in [6.07, 6.45) is 8.37. The van der Waals surface area contributed by atoms with Gasteiger partial charge in [-0.25, -0.2) is 4.72 Å². The number of carbonyl (C=O) groups excluding carboxylic acids is 4. The Morgan fingerprint density at radius 2 is 1.64 bits per heavy atom. The van der Waals surface area contributed by atoms with E-state index in [9.17, 15) is 24.0 Å². The number of hydrogen-bond donors (Lipinski definition) is 4. The molecule has 1 aliphatic heterocycles. The largest absolute Gasteiger partial charge is 0.486 e. The number of anilines is 1. The number of amides is 3. The zero-order valence-electron chi connectivity index (χ0n) is 28.7. The van der Waals surface area contributed by atoms with Crippen LogP contribution in [-0.2, 0) is 28.7 Å². The summed E-state index contributed by atoms with van der Waals surface area (Å²) in [7, 11) is 0. The first-order valence-corrected chi connectivity index (χ1v) is 19.1. The lowest BCUT2D eigenvalue weighted by molar-refractivity contribution is -0.137. The maximum Gasteiger partial charge on any atom is 0.303 e. The third-order valence-corrected chi connectivity index (χ3v) is 10.5. The van der Waals surface area contributed by atoms with E-state index in [-0.39, 0.29) is 42.5 Å².